The van der Waals surface area contributed by atoms with Crippen molar-refractivity contribution in [1.82, 2.24) is 19.9 Å². The van der Waals surface area contributed by atoms with Gasteiger partial charge in [-0.3, -0.25) is 9.78 Å². The number of amides is 1. The van der Waals surface area contributed by atoms with Gasteiger partial charge in [-0.15, -0.1) is 0 Å². The first-order chi connectivity index (χ1) is 11.2. The van der Waals surface area contributed by atoms with Crippen LogP contribution < -0.4 is 5.32 Å². The SMILES string of the molecule is CCc1cnccc1C(=O)NC1CCOC(c2cncn2C)C1. The van der Waals surface area contributed by atoms with Crippen LogP contribution in [0.4, 0.5) is 0 Å². The Morgan fingerprint density at radius 2 is 2.30 bits per heavy atom. The van der Waals surface area contributed by atoms with E-state index in [9.17, 15) is 4.79 Å². The lowest BCUT2D eigenvalue weighted by Crippen LogP contribution is -2.40. The van der Waals surface area contributed by atoms with Crippen LogP contribution in [0, 0.1) is 0 Å². The Bertz CT molecular complexity index is 683. The molecular weight excluding hydrogens is 292 g/mol. The summed E-state index contributed by atoms with van der Waals surface area (Å²) in [6, 6.07) is 1.89. The van der Waals surface area contributed by atoms with Gasteiger partial charge in [-0.2, -0.15) is 0 Å². The number of rotatable bonds is 4. The normalized spacial score (nSPS) is 21.1. The monoisotopic (exact) mass is 314 g/mol. The predicted molar refractivity (Wildman–Crippen MR) is 86.0 cm³/mol. The average Bonchev–Trinajstić information content (AvgIpc) is 3.01. The molecule has 2 aromatic rings. The molecular formula is C17H22N4O2. The van der Waals surface area contributed by atoms with Gasteiger partial charge in [-0.1, -0.05) is 6.92 Å². The zero-order valence-corrected chi connectivity index (χ0v) is 13.5. The van der Waals surface area contributed by atoms with E-state index in [1.165, 1.54) is 0 Å². The minimum absolute atomic E-state index is 0.0235. The average molecular weight is 314 g/mol. The van der Waals surface area contributed by atoms with Gasteiger partial charge in [-0.05, 0) is 30.9 Å². The maximum absolute atomic E-state index is 12.6. The number of aryl methyl sites for hydroxylation is 2. The number of hydrogen-bond donors (Lipinski definition) is 1. The van der Waals surface area contributed by atoms with Crippen LogP contribution >= 0.6 is 0 Å². The Morgan fingerprint density at radius 1 is 1.43 bits per heavy atom. The molecule has 1 N–H and O–H groups in total. The van der Waals surface area contributed by atoms with E-state index in [4.69, 9.17) is 4.74 Å². The molecule has 6 nitrogen and oxygen atoms in total. The molecule has 0 radical (unpaired) electrons. The highest BCUT2D eigenvalue weighted by molar-refractivity contribution is 5.95. The summed E-state index contributed by atoms with van der Waals surface area (Å²) in [7, 11) is 1.96. The number of aromatic nitrogens is 3. The van der Waals surface area contributed by atoms with Gasteiger partial charge in [0, 0.05) is 37.7 Å². The smallest absolute Gasteiger partial charge is 0.251 e. The lowest BCUT2D eigenvalue weighted by atomic mass is 10.00. The van der Waals surface area contributed by atoms with Crippen LogP contribution in [0.1, 0.15) is 47.5 Å². The largest absolute Gasteiger partial charge is 0.372 e. The summed E-state index contributed by atoms with van der Waals surface area (Å²) < 4.78 is 7.81. The number of imidazole rings is 1. The summed E-state index contributed by atoms with van der Waals surface area (Å²) in [4.78, 5) is 20.8. The van der Waals surface area contributed by atoms with Crippen LogP contribution in [0.5, 0.6) is 0 Å². The first-order valence-corrected chi connectivity index (χ1v) is 8.00. The maximum atomic E-state index is 12.6. The highest BCUT2D eigenvalue weighted by Crippen LogP contribution is 2.27. The van der Waals surface area contributed by atoms with E-state index in [1.807, 2.05) is 24.7 Å². The maximum Gasteiger partial charge on any atom is 0.251 e. The van der Waals surface area contributed by atoms with Gasteiger partial charge in [0.1, 0.15) is 6.10 Å². The van der Waals surface area contributed by atoms with Crippen molar-refractivity contribution in [2.24, 2.45) is 7.05 Å². The molecule has 6 heteroatoms. The molecule has 1 amide bonds. The summed E-state index contributed by atoms with van der Waals surface area (Å²) >= 11 is 0. The third-order valence-corrected chi connectivity index (χ3v) is 4.33. The van der Waals surface area contributed by atoms with Crippen molar-refractivity contribution in [3.63, 3.8) is 0 Å². The minimum atomic E-state index is -0.0279. The third kappa shape index (κ3) is 3.42. The van der Waals surface area contributed by atoms with Crippen molar-refractivity contribution in [2.45, 2.75) is 38.3 Å². The van der Waals surface area contributed by atoms with Crippen LogP contribution in [0.25, 0.3) is 0 Å². The molecule has 2 unspecified atom stereocenters. The molecule has 0 aliphatic carbocycles. The highest BCUT2D eigenvalue weighted by atomic mass is 16.5. The fourth-order valence-electron chi connectivity index (χ4n) is 3.01. The summed E-state index contributed by atoms with van der Waals surface area (Å²) in [5.41, 5.74) is 2.73. The standard InChI is InChI=1S/C17H22N4O2/c1-3-12-9-18-6-4-14(12)17(22)20-13-5-7-23-16(8-13)15-10-19-11-21(15)2/h4,6,9-11,13,16H,3,5,7-8H2,1-2H3,(H,20,22). The molecule has 0 saturated carbocycles. The van der Waals surface area contributed by atoms with Crippen LogP contribution in [0.2, 0.25) is 0 Å². The van der Waals surface area contributed by atoms with Crippen LogP contribution in [-0.2, 0) is 18.2 Å². The molecule has 1 fully saturated rings. The molecule has 3 rings (SSSR count). The Kier molecular flexibility index (Phi) is 4.71. The molecule has 122 valence electrons. The Labute approximate surface area is 135 Å². The fraction of sp³-hybridized carbons (Fsp3) is 0.471. The highest BCUT2D eigenvalue weighted by Gasteiger charge is 2.27. The van der Waals surface area contributed by atoms with Gasteiger partial charge in [0.25, 0.3) is 5.91 Å². The molecule has 0 aromatic carbocycles. The third-order valence-electron chi connectivity index (χ3n) is 4.33. The number of carbonyl (C=O) groups excluding carboxylic acids is 1. The predicted octanol–water partition coefficient (Wildman–Crippen LogP) is 2.03. The van der Waals surface area contributed by atoms with Crippen molar-refractivity contribution in [1.29, 1.82) is 0 Å². The first kappa shape index (κ1) is 15.7. The summed E-state index contributed by atoms with van der Waals surface area (Å²) in [5, 5.41) is 3.14. The molecule has 2 atom stereocenters. The second-order valence-corrected chi connectivity index (χ2v) is 5.87. The summed E-state index contributed by atoms with van der Waals surface area (Å²) in [5.74, 6) is -0.0279. The van der Waals surface area contributed by atoms with Gasteiger partial charge in [0.05, 0.1) is 18.2 Å². The zero-order valence-electron chi connectivity index (χ0n) is 13.5. The van der Waals surface area contributed by atoms with Crippen molar-refractivity contribution in [3.05, 3.63) is 47.8 Å². The Morgan fingerprint density at radius 3 is 3.04 bits per heavy atom. The molecule has 2 aromatic heterocycles. The molecule has 1 saturated heterocycles. The Hall–Kier alpha value is -2.21. The van der Waals surface area contributed by atoms with E-state index < -0.39 is 0 Å². The van der Waals surface area contributed by atoms with Crippen molar-refractivity contribution in [2.75, 3.05) is 6.61 Å². The Balaban J connectivity index is 1.68. The van der Waals surface area contributed by atoms with E-state index in [0.717, 1.165) is 30.5 Å². The number of pyridine rings is 1. The number of ether oxygens (including phenoxy) is 1. The van der Waals surface area contributed by atoms with Gasteiger partial charge < -0.3 is 14.6 Å². The zero-order chi connectivity index (χ0) is 16.2. The number of carbonyl (C=O) groups is 1. The second kappa shape index (κ2) is 6.91. The quantitative estimate of drug-likeness (QED) is 0.937. The van der Waals surface area contributed by atoms with E-state index in [1.54, 1.807) is 24.8 Å². The van der Waals surface area contributed by atoms with Crippen LogP contribution in [-0.4, -0.2) is 33.1 Å². The molecule has 1 aliphatic rings. The summed E-state index contributed by atoms with van der Waals surface area (Å²) in [6.07, 6.45) is 9.38. The molecule has 0 spiro atoms. The molecule has 23 heavy (non-hydrogen) atoms. The van der Waals surface area contributed by atoms with Crippen molar-refractivity contribution in [3.8, 4) is 0 Å². The second-order valence-electron chi connectivity index (χ2n) is 5.87. The van der Waals surface area contributed by atoms with E-state index in [-0.39, 0.29) is 18.1 Å². The van der Waals surface area contributed by atoms with E-state index in [0.29, 0.717) is 12.2 Å². The van der Waals surface area contributed by atoms with E-state index in [2.05, 4.69) is 15.3 Å². The molecule has 1 aliphatic heterocycles. The van der Waals surface area contributed by atoms with Crippen molar-refractivity contribution >= 4 is 5.91 Å². The van der Waals surface area contributed by atoms with Gasteiger partial charge in [0.15, 0.2) is 0 Å². The number of nitrogens with one attached hydrogen (secondary N) is 1. The fourth-order valence-corrected chi connectivity index (χ4v) is 3.01. The van der Waals surface area contributed by atoms with Gasteiger partial charge in [-0.25, -0.2) is 4.98 Å². The minimum Gasteiger partial charge on any atom is -0.372 e. The molecule has 3 heterocycles. The van der Waals surface area contributed by atoms with Crippen molar-refractivity contribution < 1.29 is 9.53 Å². The molecule has 0 bridgehead atoms. The van der Waals surface area contributed by atoms with Gasteiger partial charge in [0.2, 0.25) is 0 Å². The van der Waals surface area contributed by atoms with Crippen LogP contribution in [0.15, 0.2) is 31.0 Å². The van der Waals surface area contributed by atoms with E-state index >= 15 is 0 Å². The first-order valence-electron chi connectivity index (χ1n) is 8.00. The topological polar surface area (TPSA) is 69.0 Å². The lowest BCUT2D eigenvalue weighted by molar-refractivity contribution is -0.00302. The lowest BCUT2D eigenvalue weighted by Gasteiger charge is -2.30. The summed E-state index contributed by atoms with van der Waals surface area (Å²) in [6.45, 7) is 2.67. The number of hydrogen-bond acceptors (Lipinski definition) is 4. The van der Waals surface area contributed by atoms with Gasteiger partial charge >= 0.3 is 0 Å². The van der Waals surface area contributed by atoms with Crippen LogP contribution in [0.3, 0.4) is 0 Å². The number of nitrogens with zero attached hydrogens (tertiary/aromatic N) is 3.